The molecule has 1 amide bonds. The molecule has 0 fully saturated rings. The number of methoxy groups -OCH3 is 2. The van der Waals surface area contributed by atoms with Gasteiger partial charge in [0.05, 0.1) is 36.7 Å². The third-order valence-electron chi connectivity index (χ3n) is 7.03. The van der Waals surface area contributed by atoms with E-state index in [1.807, 2.05) is 83.9 Å². The Morgan fingerprint density at radius 1 is 0.974 bits per heavy atom. The zero-order valence-electron chi connectivity index (χ0n) is 21.1. The number of hydrogen-bond acceptors (Lipinski definition) is 5. The molecule has 0 aliphatic carbocycles. The SMILES string of the molecule is COc1ccc(C2c3c(nc4ccccn34)CCN2C(=O)COc2ccc3ccccc3c2Cl)cc1OC. The molecular weight excluding hydrogens is 502 g/mol. The Hall–Kier alpha value is -4.23. The highest BCUT2D eigenvalue weighted by atomic mass is 35.5. The Labute approximate surface area is 225 Å². The summed E-state index contributed by atoms with van der Waals surface area (Å²) in [5, 5.41) is 2.39. The van der Waals surface area contributed by atoms with Gasteiger partial charge >= 0.3 is 0 Å². The second-order valence-corrected chi connectivity index (χ2v) is 9.49. The third kappa shape index (κ3) is 4.09. The van der Waals surface area contributed by atoms with Crippen LogP contribution >= 0.6 is 11.6 Å². The minimum absolute atomic E-state index is 0.145. The fourth-order valence-electron chi connectivity index (χ4n) is 5.22. The van der Waals surface area contributed by atoms with Gasteiger partial charge in [0, 0.05) is 24.5 Å². The van der Waals surface area contributed by atoms with Gasteiger partial charge in [0.15, 0.2) is 18.1 Å². The van der Waals surface area contributed by atoms with E-state index in [0.717, 1.165) is 33.4 Å². The number of pyridine rings is 1. The molecule has 0 N–H and O–H groups in total. The van der Waals surface area contributed by atoms with Crippen LogP contribution in [-0.2, 0) is 11.2 Å². The van der Waals surface area contributed by atoms with Gasteiger partial charge in [-0.3, -0.25) is 4.79 Å². The Bertz CT molecular complexity index is 1660. The van der Waals surface area contributed by atoms with Crippen molar-refractivity contribution in [3.63, 3.8) is 0 Å². The maximum atomic E-state index is 13.7. The predicted molar refractivity (Wildman–Crippen MR) is 146 cm³/mol. The molecule has 8 heteroatoms. The van der Waals surface area contributed by atoms with Crippen molar-refractivity contribution in [2.24, 2.45) is 0 Å². The predicted octanol–water partition coefficient (Wildman–Crippen LogP) is 5.71. The molecule has 1 aliphatic heterocycles. The molecular formula is C30H26ClN3O4. The summed E-state index contributed by atoms with van der Waals surface area (Å²) in [5.74, 6) is 1.55. The number of carbonyl (C=O) groups excluding carboxylic acids is 1. The van der Waals surface area contributed by atoms with Gasteiger partial charge in [0.25, 0.3) is 5.91 Å². The first kappa shape index (κ1) is 24.1. The van der Waals surface area contributed by atoms with Crippen LogP contribution in [0.15, 0.2) is 79.0 Å². The molecule has 0 spiro atoms. The Balaban J connectivity index is 1.37. The summed E-state index contributed by atoms with van der Waals surface area (Å²) in [6.45, 7) is 0.359. The molecule has 0 saturated carbocycles. The number of rotatable bonds is 6. The number of benzene rings is 3. The first-order valence-electron chi connectivity index (χ1n) is 12.4. The lowest BCUT2D eigenvalue weighted by Gasteiger charge is -2.36. The van der Waals surface area contributed by atoms with E-state index in [9.17, 15) is 4.79 Å². The fourth-order valence-corrected chi connectivity index (χ4v) is 5.51. The summed E-state index contributed by atoms with van der Waals surface area (Å²) in [6, 6.07) is 22.8. The molecule has 3 heterocycles. The van der Waals surface area contributed by atoms with Gasteiger partial charge in [0.1, 0.15) is 11.4 Å². The van der Waals surface area contributed by atoms with E-state index < -0.39 is 0 Å². The lowest BCUT2D eigenvalue weighted by molar-refractivity contribution is -0.135. The maximum absolute atomic E-state index is 13.7. The van der Waals surface area contributed by atoms with Crippen LogP contribution in [0, 0.1) is 0 Å². The van der Waals surface area contributed by atoms with Crippen LogP contribution in [0.4, 0.5) is 0 Å². The molecule has 2 aromatic heterocycles. The monoisotopic (exact) mass is 527 g/mol. The van der Waals surface area contributed by atoms with Gasteiger partial charge in [-0.1, -0.05) is 54.1 Å². The number of ether oxygens (including phenoxy) is 3. The molecule has 0 radical (unpaired) electrons. The Morgan fingerprint density at radius 3 is 2.61 bits per heavy atom. The molecule has 192 valence electrons. The van der Waals surface area contributed by atoms with Gasteiger partial charge in [0.2, 0.25) is 0 Å². The lowest BCUT2D eigenvalue weighted by Crippen LogP contribution is -2.43. The third-order valence-corrected chi connectivity index (χ3v) is 7.42. The normalized spacial score (nSPS) is 14.9. The van der Waals surface area contributed by atoms with Gasteiger partial charge < -0.3 is 23.5 Å². The lowest BCUT2D eigenvalue weighted by atomic mass is 9.95. The van der Waals surface area contributed by atoms with Crippen LogP contribution in [0.5, 0.6) is 17.2 Å². The van der Waals surface area contributed by atoms with Crippen molar-refractivity contribution in [2.75, 3.05) is 27.4 Å². The number of carbonyl (C=O) groups is 1. The number of halogens is 1. The van der Waals surface area contributed by atoms with E-state index in [4.69, 9.17) is 30.8 Å². The van der Waals surface area contributed by atoms with E-state index in [2.05, 4.69) is 4.40 Å². The van der Waals surface area contributed by atoms with Crippen LogP contribution in [0.25, 0.3) is 16.4 Å². The largest absolute Gasteiger partial charge is 0.493 e. The molecule has 1 atom stereocenters. The molecule has 0 saturated heterocycles. The molecule has 1 aliphatic rings. The Morgan fingerprint density at radius 2 is 1.76 bits per heavy atom. The van der Waals surface area contributed by atoms with Gasteiger partial charge in [-0.05, 0) is 41.3 Å². The summed E-state index contributed by atoms with van der Waals surface area (Å²) in [6.07, 6.45) is 2.62. The molecule has 7 nitrogen and oxygen atoms in total. The van der Waals surface area contributed by atoms with Crippen molar-refractivity contribution in [1.29, 1.82) is 0 Å². The van der Waals surface area contributed by atoms with Crippen molar-refractivity contribution in [2.45, 2.75) is 12.5 Å². The minimum Gasteiger partial charge on any atom is -0.493 e. The summed E-state index contributed by atoms with van der Waals surface area (Å²) < 4.78 is 19.1. The molecule has 3 aromatic carbocycles. The zero-order valence-corrected chi connectivity index (χ0v) is 21.8. The van der Waals surface area contributed by atoms with Crippen molar-refractivity contribution in [3.05, 3.63) is 101 Å². The van der Waals surface area contributed by atoms with Gasteiger partial charge in [-0.15, -0.1) is 0 Å². The van der Waals surface area contributed by atoms with Crippen LogP contribution < -0.4 is 14.2 Å². The molecule has 6 rings (SSSR count). The van der Waals surface area contributed by atoms with E-state index in [1.54, 1.807) is 14.2 Å². The maximum Gasteiger partial charge on any atom is 0.261 e. The highest BCUT2D eigenvalue weighted by Crippen LogP contribution is 2.39. The van der Waals surface area contributed by atoms with E-state index in [0.29, 0.717) is 35.2 Å². The van der Waals surface area contributed by atoms with E-state index in [1.165, 1.54) is 0 Å². The van der Waals surface area contributed by atoms with Crippen molar-refractivity contribution >= 4 is 33.9 Å². The number of hydrogen-bond donors (Lipinski definition) is 0. The Kier molecular flexibility index (Phi) is 6.29. The highest BCUT2D eigenvalue weighted by Gasteiger charge is 2.36. The summed E-state index contributed by atoms with van der Waals surface area (Å²) in [7, 11) is 3.21. The highest BCUT2D eigenvalue weighted by molar-refractivity contribution is 6.37. The summed E-state index contributed by atoms with van der Waals surface area (Å²) in [4.78, 5) is 20.4. The van der Waals surface area contributed by atoms with Crippen molar-refractivity contribution in [1.82, 2.24) is 14.3 Å². The van der Waals surface area contributed by atoms with Crippen LogP contribution in [0.1, 0.15) is 23.0 Å². The smallest absolute Gasteiger partial charge is 0.261 e. The second kappa shape index (κ2) is 9.91. The number of fused-ring (bicyclic) bond motifs is 4. The van der Waals surface area contributed by atoms with E-state index in [-0.39, 0.29) is 18.6 Å². The second-order valence-electron chi connectivity index (χ2n) is 9.11. The average molecular weight is 528 g/mol. The van der Waals surface area contributed by atoms with Crippen LogP contribution in [0.2, 0.25) is 5.02 Å². The number of nitrogens with zero attached hydrogens (tertiary/aromatic N) is 3. The topological polar surface area (TPSA) is 65.3 Å². The molecule has 38 heavy (non-hydrogen) atoms. The van der Waals surface area contributed by atoms with Gasteiger partial charge in [-0.2, -0.15) is 0 Å². The molecule has 0 bridgehead atoms. The van der Waals surface area contributed by atoms with Crippen LogP contribution in [-0.4, -0.2) is 47.6 Å². The quantitative estimate of drug-likeness (QED) is 0.283. The average Bonchev–Trinajstić information content (AvgIpc) is 3.34. The van der Waals surface area contributed by atoms with Crippen LogP contribution in [0.3, 0.4) is 0 Å². The zero-order chi connectivity index (χ0) is 26.2. The number of imidazole rings is 1. The molecule has 5 aromatic rings. The van der Waals surface area contributed by atoms with Crippen molar-refractivity contribution in [3.8, 4) is 17.2 Å². The van der Waals surface area contributed by atoms with Crippen molar-refractivity contribution < 1.29 is 19.0 Å². The number of aromatic nitrogens is 2. The molecule has 1 unspecified atom stereocenters. The first-order valence-corrected chi connectivity index (χ1v) is 12.7. The van der Waals surface area contributed by atoms with E-state index >= 15 is 0 Å². The first-order chi connectivity index (χ1) is 18.6. The minimum atomic E-state index is -0.390. The number of amides is 1. The fraction of sp³-hybridized carbons (Fsp3) is 0.200. The van der Waals surface area contributed by atoms with Gasteiger partial charge in [-0.25, -0.2) is 4.98 Å². The summed E-state index contributed by atoms with van der Waals surface area (Å²) in [5.41, 5.74) is 3.66. The standard InChI is InChI=1S/C30H26ClN3O4/c1-36-23-12-11-20(17-25(23)37-2)29-30-22(32-26-9-5-6-15-33(26)30)14-16-34(29)27(35)18-38-24-13-10-19-7-3-4-8-21(19)28(24)31/h3-13,15,17,29H,14,16,18H2,1-2H3. The summed E-state index contributed by atoms with van der Waals surface area (Å²) >= 11 is 6.63.